The van der Waals surface area contributed by atoms with Gasteiger partial charge in [0.25, 0.3) is 0 Å². The third-order valence-corrected chi connectivity index (χ3v) is 3.51. The topological polar surface area (TPSA) is 62.5 Å². The van der Waals surface area contributed by atoms with Crippen molar-refractivity contribution in [1.29, 1.82) is 0 Å². The van der Waals surface area contributed by atoms with Gasteiger partial charge in [0.1, 0.15) is 11.5 Å². The van der Waals surface area contributed by atoms with Crippen LogP contribution in [-0.4, -0.2) is 24.2 Å². The van der Waals surface area contributed by atoms with Crippen LogP contribution in [0.5, 0.6) is 0 Å². The highest BCUT2D eigenvalue weighted by Crippen LogP contribution is 2.17. The molecule has 0 fully saturated rings. The number of guanidine groups is 1. The molecular formula is C17H22F2N4O. The molecule has 0 bridgehead atoms. The van der Waals surface area contributed by atoms with Crippen LogP contribution in [-0.2, 0) is 6.54 Å². The molecule has 130 valence electrons. The summed E-state index contributed by atoms with van der Waals surface area (Å²) in [6.45, 7) is 7.37. The van der Waals surface area contributed by atoms with Gasteiger partial charge in [-0.3, -0.25) is 0 Å². The monoisotopic (exact) mass is 336 g/mol. The van der Waals surface area contributed by atoms with Gasteiger partial charge in [0.2, 0.25) is 0 Å². The van der Waals surface area contributed by atoms with E-state index in [1.165, 1.54) is 6.07 Å². The minimum Gasteiger partial charge on any atom is -0.361 e. The zero-order valence-electron chi connectivity index (χ0n) is 14.1. The summed E-state index contributed by atoms with van der Waals surface area (Å²) < 4.78 is 31.3. The highest BCUT2D eigenvalue weighted by Gasteiger charge is 2.10. The maximum absolute atomic E-state index is 13.3. The Morgan fingerprint density at radius 2 is 2.04 bits per heavy atom. The summed E-state index contributed by atoms with van der Waals surface area (Å²) in [5, 5.41) is 10.2. The summed E-state index contributed by atoms with van der Waals surface area (Å²) in [7, 11) is 0. The highest BCUT2D eigenvalue weighted by molar-refractivity contribution is 5.79. The van der Waals surface area contributed by atoms with Crippen molar-refractivity contribution in [3.05, 3.63) is 52.9 Å². The largest absolute Gasteiger partial charge is 0.361 e. The number of rotatable bonds is 6. The number of nitrogens with zero attached hydrogens (tertiary/aromatic N) is 2. The van der Waals surface area contributed by atoms with Crippen molar-refractivity contribution < 1.29 is 13.3 Å². The van der Waals surface area contributed by atoms with Crippen LogP contribution in [0.1, 0.15) is 36.8 Å². The van der Waals surface area contributed by atoms with E-state index >= 15 is 0 Å². The zero-order valence-corrected chi connectivity index (χ0v) is 14.1. The number of benzene rings is 1. The van der Waals surface area contributed by atoms with Gasteiger partial charge in [-0.05, 0) is 37.5 Å². The zero-order chi connectivity index (χ0) is 17.5. The molecule has 0 radical (unpaired) electrons. The van der Waals surface area contributed by atoms with Crippen LogP contribution in [0.2, 0.25) is 0 Å². The number of aliphatic imine (C=N–C) groups is 1. The number of hydrogen-bond donors (Lipinski definition) is 2. The lowest BCUT2D eigenvalue weighted by Crippen LogP contribution is -2.39. The average Bonchev–Trinajstić information content (AvgIpc) is 2.98. The minimum atomic E-state index is -0.836. The van der Waals surface area contributed by atoms with Gasteiger partial charge in [0.05, 0.1) is 6.54 Å². The summed E-state index contributed by atoms with van der Waals surface area (Å²) >= 11 is 0. The molecule has 0 unspecified atom stereocenters. The first-order valence-electron chi connectivity index (χ1n) is 7.89. The van der Waals surface area contributed by atoms with Gasteiger partial charge in [0, 0.05) is 19.2 Å². The molecule has 0 saturated heterocycles. The lowest BCUT2D eigenvalue weighted by Gasteiger charge is -2.16. The average molecular weight is 336 g/mol. The highest BCUT2D eigenvalue weighted by atomic mass is 19.2. The molecule has 0 amide bonds. The minimum absolute atomic E-state index is 0.00162. The number of nitrogens with one attached hydrogen (secondary N) is 2. The predicted molar refractivity (Wildman–Crippen MR) is 88.8 cm³/mol. The van der Waals surface area contributed by atoms with E-state index in [0.29, 0.717) is 25.6 Å². The van der Waals surface area contributed by atoms with Crippen LogP contribution in [0.3, 0.4) is 0 Å². The SMILES string of the molecule is CCNC(=NCc1cc(C)on1)NC[C@@H](C)c1ccc(F)c(F)c1. The lowest BCUT2D eigenvalue weighted by atomic mass is 10.0. The molecular weight excluding hydrogens is 314 g/mol. The Kier molecular flexibility index (Phi) is 6.28. The number of aromatic nitrogens is 1. The Morgan fingerprint density at radius 1 is 1.25 bits per heavy atom. The third-order valence-electron chi connectivity index (χ3n) is 3.51. The molecule has 2 rings (SSSR count). The maximum atomic E-state index is 13.3. The van der Waals surface area contributed by atoms with E-state index < -0.39 is 11.6 Å². The van der Waals surface area contributed by atoms with Crippen LogP contribution in [0.4, 0.5) is 8.78 Å². The van der Waals surface area contributed by atoms with Crippen molar-refractivity contribution in [3.8, 4) is 0 Å². The second-order valence-corrected chi connectivity index (χ2v) is 5.58. The van der Waals surface area contributed by atoms with Gasteiger partial charge in [0.15, 0.2) is 17.6 Å². The van der Waals surface area contributed by atoms with Crippen LogP contribution in [0.25, 0.3) is 0 Å². The van der Waals surface area contributed by atoms with Crippen LogP contribution in [0.15, 0.2) is 33.8 Å². The molecule has 0 spiro atoms. The third kappa shape index (κ3) is 5.04. The van der Waals surface area contributed by atoms with Crippen LogP contribution >= 0.6 is 0 Å². The van der Waals surface area contributed by atoms with E-state index in [1.807, 2.05) is 26.8 Å². The summed E-state index contributed by atoms with van der Waals surface area (Å²) in [5.41, 5.74) is 1.47. The fourth-order valence-corrected chi connectivity index (χ4v) is 2.18. The summed E-state index contributed by atoms with van der Waals surface area (Å²) in [4.78, 5) is 4.43. The van der Waals surface area contributed by atoms with E-state index in [0.717, 1.165) is 23.1 Å². The summed E-state index contributed by atoms with van der Waals surface area (Å²) in [6, 6.07) is 5.79. The van der Waals surface area contributed by atoms with Crippen molar-refractivity contribution in [2.24, 2.45) is 4.99 Å². The van der Waals surface area contributed by atoms with Gasteiger partial charge < -0.3 is 15.2 Å². The Bertz CT molecular complexity index is 700. The number of halogens is 2. The van der Waals surface area contributed by atoms with Crippen molar-refractivity contribution in [1.82, 2.24) is 15.8 Å². The molecule has 0 aliphatic rings. The Hall–Kier alpha value is -2.44. The van der Waals surface area contributed by atoms with E-state index in [2.05, 4.69) is 20.8 Å². The first-order chi connectivity index (χ1) is 11.5. The molecule has 1 aromatic heterocycles. The standard InChI is InChI=1S/C17H22F2N4O/c1-4-20-17(22-10-14-7-12(3)24-23-14)21-9-11(2)13-5-6-15(18)16(19)8-13/h5-8,11H,4,9-10H2,1-3H3,(H2,20,21,22)/t11-/m1/s1. The van der Waals surface area contributed by atoms with Crippen molar-refractivity contribution in [2.45, 2.75) is 33.2 Å². The Morgan fingerprint density at radius 3 is 2.67 bits per heavy atom. The van der Waals surface area contributed by atoms with Crippen molar-refractivity contribution >= 4 is 5.96 Å². The molecule has 0 aliphatic carbocycles. The van der Waals surface area contributed by atoms with Crippen molar-refractivity contribution in [2.75, 3.05) is 13.1 Å². The number of aryl methyl sites for hydroxylation is 1. The predicted octanol–water partition coefficient (Wildman–Crippen LogP) is 3.12. The van der Waals surface area contributed by atoms with E-state index in [1.54, 1.807) is 6.07 Å². The van der Waals surface area contributed by atoms with Gasteiger partial charge in [-0.25, -0.2) is 13.8 Å². The summed E-state index contributed by atoms with van der Waals surface area (Å²) in [6.07, 6.45) is 0. The van der Waals surface area contributed by atoms with Gasteiger partial charge in [-0.15, -0.1) is 0 Å². The molecule has 5 nitrogen and oxygen atoms in total. The van der Waals surface area contributed by atoms with Gasteiger partial charge in [-0.1, -0.05) is 18.1 Å². The molecule has 1 heterocycles. The normalized spacial score (nSPS) is 13.0. The molecule has 1 aromatic carbocycles. The van der Waals surface area contributed by atoms with Gasteiger partial charge in [-0.2, -0.15) is 0 Å². The second kappa shape index (κ2) is 8.42. The molecule has 0 saturated carbocycles. The first-order valence-corrected chi connectivity index (χ1v) is 7.89. The van der Waals surface area contributed by atoms with E-state index in [9.17, 15) is 8.78 Å². The lowest BCUT2D eigenvalue weighted by molar-refractivity contribution is 0.391. The fourth-order valence-electron chi connectivity index (χ4n) is 2.18. The van der Waals surface area contributed by atoms with E-state index in [-0.39, 0.29) is 5.92 Å². The second-order valence-electron chi connectivity index (χ2n) is 5.58. The molecule has 2 N–H and O–H groups in total. The number of hydrogen-bond acceptors (Lipinski definition) is 3. The molecule has 2 aromatic rings. The van der Waals surface area contributed by atoms with Crippen LogP contribution in [0, 0.1) is 18.6 Å². The quantitative estimate of drug-likeness (QED) is 0.628. The fraction of sp³-hybridized carbons (Fsp3) is 0.412. The van der Waals surface area contributed by atoms with Crippen molar-refractivity contribution in [3.63, 3.8) is 0 Å². The molecule has 1 atom stereocenters. The van der Waals surface area contributed by atoms with E-state index in [4.69, 9.17) is 4.52 Å². The van der Waals surface area contributed by atoms with Crippen LogP contribution < -0.4 is 10.6 Å². The first kappa shape index (κ1) is 17.9. The summed E-state index contributed by atoms with van der Waals surface area (Å²) in [5.74, 6) is -0.297. The van der Waals surface area contributed by atoms with Gasteiger partial charge >= 0.3 is 0 Å². The molecule has 24 heavy (non-hydrogen) atoms. The Labute approximate surface area is 140 Å². The smallest absolute Gasteiger partial charge is 0.191 e. The molecule has 0 aliphatic heterocycles. The Balaban J connectivity index is 1.95. The molecule has 7 heteroatoms. The maximum Gasteiger partial charge on any atom is 0.191 e.